The molecule has 0 unspecified atom stereocenters. The first-order chi connectivity index (χ1) is 14.2. The molecular formula is C23H18BrN3O2. The zero-order chi connectivity index (χ0) is 20.1. The van der Waals surface area contributed by atoms with E-state index in [1.807, 2.05) is 78.9 Å². The van der Waals surface area contributed by atoms with Gasteiger partial charge in [0, 0.05) is 10.0 Å². The van der Waals surface area contributed by atoms with E-state index >= 15 is 0 Å². The number of hydrogen-bond acceptors (Lipinski definition) is 3. The summed E-state index contributed by atoms with van der Waals surface area (Å²) in [5.41, 5.74) is 3.39. The quantitative estimate of drug-likeness (QED) is 0.418. The number of ether oxygens (including phenoxy) is 1. The van der Waals surface area contributed by atoms with E-state index < -0.39 is 0 Å². The highest BCUT2D eigenvalue weighted by atomic mass is 79.9. The Morgan fingerprint density at radius 3 is 2.34 bits per heavy atom. The summed E-state index contributed by atoms with van der Waals surface area (Å²) in [6.45, 7) is 0.253. The molecule has 4 rings (SSSR count). The molecule has 0 radical (unpaired) electrons. The lowest BCUT2D eigenvalue weighted by Crippen LogP contribution is -2.11. The molecule has 1 aromatic heterocycles. The van der Waals surface area contributed by atoms with Crippen molar-refractivity contribution in [1.29, 1.82) is 0 Å². The van der Waals surface area contributed by atoms with Crippen molar-refractivity contribution in [2.75, 3.05) is 5.32 Å². The first-order valence-electron chi connectivity index (χ1n) is 9.05. The third-order valence-electron chi connectivity index (χ3n) is 4.32. The maximum atomic E-state index is 12.5. The third kappa shape index (κ3) is 4.92. The Kier molecular flexibility index (Phi) is 5.72. The minimum Gasteiger partial charge on any atom is -0.471 e. The van der Waals surface area contributed by atoms with Crippen molar-refractivity contribution in [3.8, 4) is 16.9 Å². The number of nitrogens with one attached hydrogen (secondary N) is 1. The van der Waals surface area contributed by atoms with E-state index in [4.69, 9.17) is 4.74 Å². The van der Waals surface area contributed by atoms with Crippen LogP contribution in [0.5, 0.6) is 5.75 Å². The molecule has 3 aromatic carbocycles. The Labute approximate surface area is 177 Å². The smallest absolute Gasteiger partial charge is 0.255 e. The maximum Gasteiger partial charge on any atom is 0.255 e. The zero-order valence-electron chi connectivity index (χ0n) is 15.5. The lowest BCUT2D eigenvalue weighted by atomic mass is 10.0. The molecule has 1 heterocycles. The van der Waals surface area contributed by atoms with Crippen molar-refractivity contribution >= 4 is 27.5 Å². The Balaban J connectivity index is 1.35. The lowest BCUT2D eigenvalue weighted by Gasteiger charge is -2.06. The fraction of sp³-hybridized carbons (Fsp3) is 0.0435. The summed E-state index contributed by atoms with van der Waals surface area (Å²) in [6.07, 6.45) is 3.33. The lowest BCUT2D eigenvalue weighted by molar-refractivity contribution is 0.102. The summed E-state index contributed by atoms with van der Waals surface area (Å²) in [5, 5.41) is 7.08. The molecule has 4 aromatic rings. The Morgan fingerprint density at radius 2 is 1.62 bits per heavy atom. The number of rotatable bonds is 6. The van der Waals surface area contributed by atoms with Crippen molar-refractivity contribution in [3.63, 3.8) is 0 Å². The van der Waals surface area contributed by atoms with Crippen LogP contribution in [0.15, 0.2) is 95.7 Å². The summed E-state index contributed by atoms with van der Waals surface area (Å²) >= 11 is 3.39. The van der Waals surface area contributed by atoms with Gasteiger partial charge in [-0.25, -0.2) is 4.68 Å². The fourth-order valence-electron chi connectivity index (χ4n) is 2.82. The first-order valence-corrected chi connectivity index (χ1v) is 9.84. The molecular weight excluding hydrogens is 430 g/mol. The largest absolute Gasteiger partial charge is 0.471 e. The highest BCUT2D eigenvalue weighted by molar-refractivity contribution is 9.10. The molecule has 29 heavy (non-hydrogen) atoms. The van der Waals surface area contributed by atoms with Crippen LogP contribution in [0.3, 0.4) is 0 Å². The van der Waals surface area contributed by atoms with Crippen molar-refractivity contribution in [2.24, 2.45) is 0 Å². The normalized spacial score (nSPS) is 10.5. The third-order valence-corrected chi connectivity index (χ3v) is 4.85. The first kappa shape index (κ1) is 19.0. The van der Waals surface area contributed by atoms with Crippen LogP contribution in [0, 0.1) is 0 Å². The van der Waals surface area contributed by atoms with Crippen LogP contribution < -0.4 is 10.1 Å². The van der Waals surface area contributed by atoms with E-state index in [2.05, 4.69) is 26.3 Å². The van der Waals surface area contributed by atoms with E-state index in [1.54, 1.807) is 17.1 Å². The van der Waals surface area contributed by atoms with Gasteiger partial charge < -0.3 is 10.1 Å². The average Bonchev–Trinajstić information content (AvgIpc) is 3.21. The van der Waals surface area contributed by atoms with Gasteiger partial charge in [0.1, 0.15) is 5.75 Å². The van der Waals surface area contributed by atoms with Crippen molar-refractivity contribution in [3.05, 3.63) is 101 Å². The number of nitrogens with zero attached hydrogens (tertiary/aromatic N) is 2. The number of carbonyl (C=O) groups is 1. The van der Waals surface area contributed by atoms with Gasteiger partial charge in [0.15, 0.2) is 6.73 Å². The van der Waals surface area contributed by atoms with Gasteiger partial charge in [-0.15, -0.1) is 0 Å². The number of amides is 1. The molecule has 1 N–H and O–H groups in total. The molecule has 0 aliphatic carbocycles. The number of halogens is 1. The summed E-state index contributed by atoms with van der Waals surface area (Å²) in [7, 11) is 0. The summed E-state index contributed by atoms with van der Waals surface area (Å²) in [6, 6.07) is 25.1. The molecule has 1 amide bonds. The van der Waals surface area contributed by atoms with Gasteiger partial charge in [0.25, 0.3) is 5.91 Å². The molecule has 0 bridgehead atoms. The van der Waals surface area contributed by atoms with Crippen LogP contribution in [0.4, 0.5) is 5.69 Å². The van der Waals surface area contributed by atoms with Gasteiger partial charge in [-0.2, -0.15) is 5.10 Å². The second kappa shape index (κ2) is 8.75. The van der Waals surface area contributed by atoms with Gasteiger partial charge in [-0.1, -0.05) is 58.4 Å². The standard InChI is InChI=1S/C23H18BrN3O2/c24-20-10-12-22(13-11-20)29-16-27-15-21(14-25-27)26-23(28)19-8-6-18(7-9-19)17-4-2-1-3-5-17/h1-15H,16H2,(H,26,28). The molecule has 144 valence electrons. The van der Waals surface area contributed by atoms with E-state index in [1.165, 1.54) is 0 Å². The van der Waals surface area contributed by atoms with Gasteiger partial charge in [-0.05, 0) is 47.5 Å². The predicted molar refractivity (Wildman–Crippen MR) is 117 cm³/mol. The van der Waals surface area contributed by atoms with Crippen LogP contribution in [0.1, 0.15) is 10.4 Å². The minimum atomic E-state index is -0.182. The molecule has 0 fully saturated rings. The number of aromatic nitrogens is 2. The summed E-state index contributed by atoms with van der Waals surface area (Å²) in [5.74, 6) is 0.561. The Bertz CT molecular complexity index is 1090. The second-order valence-corrected chi connectivity index (χ2v) is 7.31. The van der Waals surface area contributed by atoms with Crippen molar-refractivity contribution < 1.29 is 9.53 Å². The molecule has 0 saturated carbocycles. The minimum absolute atomic E-state index is 0.182. The maximum absolute atomic E-state index is 12.5. The topological polar surface area (TPSA) is 56.2 Å². The summed E-state index contributed by atoms with van der Waals surface area (Å²) < 4.78 is 8.28. The molecule has 5 nitrogen and oxygen atoms in total. The zero-order valence-corrected chi connectivity index (χ0v) is 17.0. The number of benzene rings is 3. The number of anilines is 1. The number of hydrogen-bond donors (Lipinski definition) is 1. The molecule has 6 heteroatoms. The molecule has 0 atom stereocenters. The van der Waals surface area contributed by atoms with Gasteiger partial charge in [0.05, 0.1) is 18.1 Å². The van der Waals surface area contributed by atoms with Crippen LogP contribution in [-0.2, 0) is 6.73 Å². The Hall–Kier alpha value is -3.38. The van der Waals surface area contributed by atoms with Crippen molar-refractivity contribution in [2.45, 2.75) is 6.73 Å². The molecule has 0 spiro atoms. The molecule has 0 aliphatic heterocycles. The van der Waals surface area contributed by atoms with Gasteiger partial charge in [-0.3, -0.25) is 4.79 Å². The van der Waals surface area contributed by atoms with Crippen LogP contribution >= 0.6 is 15.9 Å². The molecule has 0 aliphatic rings. The Morgan fingerprint density at radius 1 is 0.931 bits per heavy atom. The van der Waals surface area contributed by atoms with E-state index in [9.17, 15) is 4.79 Å². The average molecular weight is 448 g/mol. The van der Waals surface area contributed by atoms with Crippen LogP contribution in [0.2, 0.25) is 0 Å². The summed E-state index contributed by atoms with van der Waals surface area (Å²) in [4.78, 5) is 12.5. The fourth-order valence-corrected chi connectivity index (χ4v) is 3.08. The predicted octanol–water partition coefficient (Wildman–Crippen LogP) is 5.60. The second-order valence-electron chi connectivity index (χ2n) is 6.39. The van der Waals surface area contributed by atoms with Crippen LogP contribution in [0.25, 0.3) is 11.1 Å². The van der Waals surface area contributed by atoms with E-state index in [0.717, 1.165) is 21.3 Å². The monoisotopic (exact) mass is 447 g/mol. The van der Waals surface area contributed by atoms with E-state index in [-0.39, 0.29) is 12.6 Å². The van der Waals surface area contributed by atoms with Gasteiger partial charge in [0.2, 0.25) is 0 Å². The van der Waals surface area contributed by atoms with E-state index in [0.29, 0.717) is 11.3 Å². The molecule has 0 saturated heterocycles. The van der Waals surface area contributed by atoms with Crippen molar-refractivity contribution in [1.82, 2.24) is 9.78 Å². The van der Waals surface area contributed by atoms with Crippen LogP contribution in [-0.4, -0.2) is 15.7 Å². The highest BCUT2D eigenvalue weighted by Crippen LogP contribution is 2.20. The van der Waals surface area contributed by atoms with Gasteiger partial charge >= 0.3 is 0 Å². The SMILES string of the molecule is O=C(Nc1cnn(COc2ccc(Br)cc2)c1)c1ccc(-c2ccccc2)cc1. The highest BCUT2D eigenvalue weighted by Gasteiger charge is 2.08. The number of carbonyl (C=O) groups excluding carboxylic acids is 1.